The van der Waals surface area contributed by atoms with Crippen LogP contribution in [0.25, 0.3) is 77.6 Å². The molecule has 0 amide bonds. The number of benzene rings is 7. The van der Waals surface area contributed by atoms with Crippen LogP contribution in [0.3, 0.4) is 0 Å². The molecule has 42 heavy (non-hydrogen) atoms. The van der Waals surface area contributed by atoms with E-state index in [9.17, 15) is 0 Å². The maximum atomic E-state index is 4.90. The molecule has 8 aromatic rings. The lowest BCUT2D eigenvalue weighted by atomic mass is 9.91. The first-order valence-corrected chi connectivity index (χ1v) is 14.1. The van der Waals surface area contributed by atoms with Gasteiger partial charge in [-0.3, -0.25) is 0 Å². The first-order chi connectivity index (χ1) is 20.8. The van der Waals surface area contributed by atoms with Crippen molar-refractivity contribution < 1.29 is 0 Å². The molecule has 1 aromatic heterocycles. The summed E-state index contributed by atoms with van der Waals surface area (Å²) < 4.78 is 0. The number of fused-ring (bicyclic) bond motifs is 5. The monoisotopic (exact) mass is 535 g/mol. The largest absolute Gasteiger partial charge is 0.208 e. The van der Waals surface area contributed by atoms with Crippen LogP contribution in [0.4, 0.5) is 0 Å². The molecule has 0 aliphatic carbocycles. The molecule has 1 heterocycles. The van der Waals surface area contributed by atoms with Crippen molar-refractivity contribution in [2.45, 2.75) is 0 Å². The Labute approximate surface area is 243 Å². The molecule has 8 rings (SSSR count). The van der Waals surface area contributed by atoms with Crippen molar-refractivity contribution in [1.29, 1.82) is 0 Å². The minimum atomic E-state index is 0.657. The van der Waals surface area contributed by atoms with Gasteiger partial charge >= 0.3 is 0 Å². The predicted octanol–water partition coefficient (Wildman–Crippen LogP) is 10.00. The zero-order valence-corrected chi connectivity index (χ0v) is 22.8. The second-order valence-electron chi connectivity index (χ2n) is 10.5. The Kier molecular flexibility index (Phi) is 5.79. The van der Waals surface area contributed by atoms with Crippen molar-refractivity contribution in [1.82, 2.24) is 15.0 Å². The fourth-order valence-corrected chi connectivity index (χ4v) is 5.85. The van der Waals surface area contributed by atoms with E-state index >= 15 is 0 Å². The van der Waals surface area contributed by atoms with Gasteiger partial charge in [0.25, 0.3) is 0 Å². The molecule has 0 unspecified atom stereocenters. The summed E-state index contributed by atoms with van der Waals surface area (Å²) in [7, 11) is 0. The molecule has 0 aliphatic heterocycles. The lowest BCUT2D eigenvalue weighted by Crippen LogP contribution is -2.00. The third-order valence-electron chi connectivity index (χ3n) is 7.92. The van der Waals surface area contributed by atoms with Crippen molar-refractivity contribution in [3.8, 4) is 45.3 Å². The Hall–Kier alpha value is -5.67. The standard InChI is InChI=1S/C39H25N3/c1-3-11-29(12-4-1)37-40-38(30-13-5-2-6-14-30)42-39(41-37)31-20-18-27(19-21-31)33-17-9-15-28-23-24-34-32-16-8-7-10-26(32)22-25-35(34)36(28)33/h1-25H. The van der Waals surface area contributed by atoms with E-state index in [2.05, 4.69) is 91.0 Å². The average molecular weight is 536 g/mol. The van der Waals surface area contributed by atoms with Gasteiger partial charge in [-0.1, -0.05) is 152 Å². The van der Waals surface area contributed by atoms with Gasteiger partial charge in [0.2, 0.25) is 0 Å². The summed E-state index contributed by atoms with van der Waals surface area (Å²) in [5.74, 6) is 1.98. The summed E-state index contributed by atoms with van der Waals surface area (Å²) in [5.41, 5.74) is 5.25. The molecular formula is C39H25N3. The zero-order valence-electron chi connectivity index (χ0n) is 22.8. The summed E-state index contributed by atoms with van der Waals surface area (Å²) in [6, 6.07) is 52.9. The number of rotatable bonds is 4. The van der Waals surface area contributed by atoms with Crippen LogP contribution in [0.2, 0.25) is 0 Å². The molecule has 0 N–H and O–H groups in total. The zero-order chi connectivity index (χ0) is 27.9. The molecule has 3 heteroatoms. The highest BCUT2D eigenvalue weighted by Gasteiger charge is 2.14. The second kappa shape index (κ2) is 10.1. The number of nitrogens with zero attached hydrogens (tertiary/aromatic N) is 3. The normalized spacial score (nSPS) is 11.3. The van der Waals surface area contributed by atoms with Crippen molar-refractivity contribution in [3.05, 3.63) is 152 Å². The third-order valence-corrected chi connectivity index (χ3v) is 7.92. The van der Waals surface area contributed by atoms with Crippen molar-refractivity contribution in [2.24, 2.45) is 0 Å². The Balaban J connectivity index is 1.26. The summed E-state index contributed by atoms with van der Waals surface area (Å²) >= 11 is 0. The molecule has 0 saturated heterocycles. The number of aromatic nitrogens is 3. The fourth-order valence-electron chi connectivity index (χ4n) is 5.85. The van der Waals surface area contributed by atoms with Crippen LogP contribution in [-0.2, 0) is 0 Å². The summed E-state index contributed by atoms with van der Waals surface area (Å²) in [6.07, 6.45) is 0. The van der Waals surface area contributed by atoms with Gasteiger partial charge in [-0.05, 0) is 43.4 Å². The minimum absolute atomic E-state index is 0.657. The van der Waals surface area contributed by atoms with E-state index < -0.39 is 0 Å². The summed E-state index contributed by atoms with van der Waals surface area (Å²) in [4.78, 5) is 14.6. The lowest BCUT2D eigenvalue weighted by Gasteiger charge is -2.13. The van der Waals surface area contributed by atoms with Gasteiger partial charge in [0.1, 0.15) is 0 Å². The van der Waals surface area contributed by atoms with E-state index in [0.29, 0.717) is 17.5 Å². The molecule has 0 spiro atoms. The molecule has 0 bridgehead atoms. The van der Waals surface area contributed by atoms with Crippen LogP contribution in [0.1, 0.15) is 0 Å². The quantitative estimate of drug-likeness (QED) is 0.211. The molecule has 0 radical (unpaired) electrons. The van der Waals surface area contributed by atoms with Gasteiger partial charge in [-0.15, -0.1) is 0 Å². The molecular weight excluding hydrogens is 510 g/mol. The molecule has 7 aromatic carbocycles. The van der Waals surface area contributed by atoms with Crippen LogP contribution in [0.15, 0.2) is 152 Å². The summed E-state index contributed by atoms with van der Waals surface area (Å²) in [6.45, 7) is 0. The first-order valence-electron chi connectivity index (χ1n) is 14.1. The van der Waals surface area contributed by atoms with Crippen molar-refractivity contribution >= 4 is 32.3 Å². The van der Waals surface area contributed by atoms with Crippen LogP contribution in [0, 0.1) is 0 Å². The second-order valence-corrected chi connectivity index (χ2v) is 10.5. The van der Waals surface area contributed by atoms with E-state index in [1.54, 1.807) is 0 Å². The van der Waals surface area contributed by atoms with E-state index in [1.807, 2.05) is 60.7 Å². The van der Waals surface area contributed by atoms with Gasteiger partial charge in [-0.25, -0.2) is 15.0 Å². The van der Waals surface area contributed by atoms with E-state index in [-0.39, 0.29) is 0 Å². The fraction of sp³-hybridized carbons (Fsp3) is 0. The van der Waals surface area contributed by atoms with Crippen LogP contribution in [0.5, 0.6) is 0 Å². The molecule has 0 atom stereocenters. The van der Waals surface area contributed by atoms with Gasteiger partial charge in [0.05, 0.1) is 0 Å². The Morgan fingerprint density at radius 1 is 0.286 bits per heavy atom. The summed E-state index contributed by atoms with van der Waals surface area (Å²) in [5, 5.41) is 7.58. The Morgan fingerprint density at radius 2 is 0.786 bits per heavy atom. The molecule has 196 valence electrons. The molecule has 3 nitrogen and oxygen atoms in total. The smallest absolute Gasteiger partial charge is 0.164 e. The molecule has 0 aliphatic rings. The number of hydrogen-bond acceptors (Lipinski definition) is 3. The highest BCUT2D eigenvalue weighted by atomic mass is 15.0. The third kappa shape index (κ3) is 4.20. The van der Waals surface area contributed by atoms with Gasteiger partial charge < -0.3 is 0 Å². The topological polar surface area (TPSA) is 38.7 Å². The number of hydrogen-bond donors (Lipinski definition) is 0. The van der Waals surface area contributed by atoms with Crippen molar-refractivity contribution in [3.63, 3.8) is 0 Å². The van der Waals surface area contributed by atoms with Crippen molar-refractivity contribution in [2.75, 3.05) is 0 Å². The van der Waals surface area contributed by atoms with E-state index in [4.69, 9.17) is 15.0 Å². The average Bonchev–Trinajstić information content (AvgIpc) is 3.08. The minimum Gasteiger partial charge on any atom is -0.208 e. The van der Waals surface area contributed by atoms with Gasteiger partial charge in [0, 0.05) is 16.7 Å². The predicted molar refractivity (Wildman–Crippen MR) is 174 cm³/mol. The van der Waals surface area contributed by atoms with Crippen LogP contribution in [-0.4, -0.2) is 15.0 Å². The molecule has 0 fully saturated rings. The maximum absolute atomic E-state index is 4.90. The first kappa shape index (κ1) is 24.2. The van der Waals surface area contributed by atoms with E-state index in [0.717, 1.165) is 22.3 Å². The van der Waals surface area contributed by atoms with Gasteiger partial charge in [-0.2, -0.15) is 0 Å². The highest BCUT2D eigenvalue weighted by molar-refractivity contribution is 6.20. The molecule has 0 saturated carbocycles. The highest BCUT2D eigenvalue weighted by Crippen LogP contribution is 2.37. The van der Waals surface area contributed by atoms with Crippen LogP contribution >= 0.6 is 0 Å². The Bertz CT molecular complexity index is 2160. The maximum Gasteiger partial charge on any atom is 0.164 e. The van der Waals surface area contributed by atoms with E-state index in [1.165, 1.54) is 37.9 Å². The SMILES string of the molecule is c1ccc(-c2nc(-c3ccccc3)nc(-c3ccc(-c4cccc5ccc6c7ccccc7ccc6c45)cc3)n2)cc1. The lowest BCUT2D eigenvalue weighted by molar-refractivity contribution is 1.07. The van der Waals surface area contributed by atoms with Gasteiger partial charge in [0.15, 0.2) is 17.5 Å². The van der Waals surface area contributed by atoms with Crippen LogP contribution < -0.4 is 0 Å². The Morgan fingerprint density at radius 3 is 1.45 bits per heavy atom.